The lowest BCUT2D eigenvalue weighted by atomic mass is 9.97. The van der Waals surface area contributed by atoms with E-state index >= 15 is 0 Å². The number of benzene rings is 2. The van der Waals surface area contributed by atoms with Crippen LogP contribution in [0.2, 0.25) is 0 Å². The largest absolute Gasteiger partial charge is 0.471 e. The molecule has 6 rings (SSSR count). The highest BCUT2D eigenvalue weighted by molar-refractivity contribution is 9.10. The molecule has 1 aliphatic heterocycles. The van der Waals surface area contributed by atoms with Crippen molar-refractivity contribution >= 4 is 41.2 Å². The molecule has 1 saturated carbocycles. The Morgan fingerprint density at radius 3 is 2.42 bits per heavy atom. The van der Waals surface area contributed by atoms with Gasteiger partial charge in [0.25, 0.3) is 17.4 Å². The Hall–Kier alpha value is -3.82. The minimum absolute atomic E-state index is 0.0552. The molecule has 3 heterocycles. The number of carbonyl (C=O) groups is 2. The summed E-state index contributed by atoms with van der Waals surface area (Å²) in [5, 5.41) is 4.62. The summed E-state index contributed by atoms with van der Waals surface area (Å²) < 4.78 is 59.3. The maximum absolute atomic E-state index is 14.3. The van der Waals surface area contributed by atoms with E-state index in [0.29, 0.717) is 34.9 Å². The summed E-state index contributed by atoms with van der Waals surface area (Å²) in [7, 11) is -3.47. The number of rotatable bonds is 8. The van der Waals surface area contributed by atoms with Crippen molar-refractivity contribution in [3.05, 3.63) is 97.0 Å². The van der Waals surface area contributed by atoms with Gasteiger partial charge in [0.1, 0.15) is 12.4 Å². The number of carbonyl (C=O) groups excluding carboxylic acids is 2. The van der Waals surface area contributed by atoms with E-state index in [2.05, 4.69) is 25.6 Å². The van der Waals surface area contributed by atoms with Crippen molar-refractivity contribution in [2.75, 3.05) is 13.8 Å². The third kappa shape index (κ3) is 6.72. The molecule has 2 aromatic carbocycles. The molecule has 2 aliphatic rings. The van der Waals surface area contributed by atoms with Crippen LogP contribution in [-0.2, 0) is 34.7 Å². The third-order valence-electron chi connectivity index (χ3n) is 8.57. The quantitative estimate of drug-likeness (QED) is 0.190. The standard InChI is InChI=1S/C31H30BrF3N5O7P/c1-17-11-23-26(15-38(17)29(42)20-7-10-25(32)24(13-20)31(33,34)35)40-27(21(14-36-40)12-18-3-4-18)39(30(23)43)22-8-5-19(6-9-22)28(41)37(2)16-47-48(44,45)46/h5-10,13-14,17-18H,3-4,11-12,15-16H2,1-2H3,(H2,44,45,46)/t17-/m1/s1. The Kier molecular flexibility index (Phi) is 8.92. The number of nitrogens with zero attached hydrogens (tertiary/aromatic N) is 5. The second-order valence-electron chi connectivity index (χ2n) is 12.1. The number of aromatic nitrogens is 3. The summed E-state index contributed by atoms with van der Waals surface area (Å²) in [5.41, 5.74) is 1.36. The van der Waals surface area contributed by atoms with Gasteiger partial charge in [-0.3, -0.25) is 23.5 Å². The average Bonchev–Trinajstić information content (AvgIpc) is 3.76. The van der Waals surface area contributed by atoms with Crippen molar-refractivity contribution in [1.29, 1.82) is 0 Å². The summed E-state index contributed by atoms with van der Waals surface area (Å²) in [6.45, 7) is 1.03. The predicted molar refractivity (Wildman–Crippen MR) is 169 cm³/mol. The first kappa shape index (κ1) is 34.1. The van der Waals surface area contributed by atoms with Crippen molar-refractivity contribution in [2.45, 2.75) is 51.4 Å². The predicted octanol–water partition coefficient (Wildman–Crippen LogP) is 4.94. The molecule has 0 radical (unpaired) electrons. The second kappa shape index (κ2) is 12.6. The van der Waals surface area contributed by atoms with Crippen LogP contribution < -0.4 is 5.56 Å². The third-order valence-corrected chi connectivity index (χ3v) is 9.71. The van der Waals surface area contributed by atoms with E-state index < -0.39 is 44.1 Å². The van der Waals surface area contributed by atoms with E-state index in [9.17, 15) is 32.1 Å². The Bertz CT molecular complexity index is 2040. The number of alkyl halides is 3. The van der Waals surface area contributed by atoms with Gasteiger partial charge < -0.3 is 19.6 Å². The number of fused-ring (bicyclic) bond motifs is 3. The van der Waals surface area contributed by atoms with Crippen molar-refractivity contribution in [3.63, 3.8) is 0 Å². The highest BCUT2D eigenvalue weighted by atomic mass is 79.9. The van der Waals surface area contributed by atoms with Crippen LogP contribution >= 0.6 is 23.8 Å². The fourth-order valence-corrected chi connectivity index (χ4v) is 6.70. The summed E-state index contributed by atoms with van der Waals surface area (Å²) in [6, 6.07) is 8.95. The first-order valence-electron chi connectivity index (χ1n) is 14.9. The second-order valence-corrected chi connectivity index (χ2v) is 14.2. The van der Waals surface area contributed by atoms with Gasteiger partial charge in [-0.1, -0.05) is 15.9 Å². The minimum atomic E-state index is -4.79. The molecule has 1 aliphatic carbocycles. The molecule has 4 aromatic rings. The van der Waals surface area contributed by atoms with E-state index in [1.165, 1.54) is 40.8 Å². The van der Waals surface area contributed by atoms with Gasteiger partial charge in [0, 0.05) is 39.8 Å². The van der Waals surface area contributed by atoms with Gasteiger partial charge in [-0.2, -0.15) is 18.3 Å². The first-order valence-corrected chi connectivity index (χ1v) is 17.2. The van der Waals surface area contributed by atoms with Crippen LogP contribution in [-0.4, -0.2) is 65.4 Å². The fraction of sp³-hybridized carbons (Fsp3) is 0.355. The highest BCUT2D eigenvalue weighted by Crippen LogP contribution is 2.38. The van der Waals surface area contributed by atoms with Gasteiger partial charge in [-0.25, -0.2) is 9.08 Å². The maximum Gasteiger partial charge on any atom is 0.471 e. The van der Waals surface area contributed by atoms with Crippen LogP contribution in [0.15, 0.2) is 57.9 Å². The summed E-state index contributed by atoms with van der Waals surface area (Å²) in [5.74, 6) is -0.740. The SMILES string of the molecule is C[C@@H]1Cc2c(n3ncc(CC4CC4)c3n(-c3ccc(C(=O)N(C)COP(=O)(O)O)cc3)c2=O)CN1C(=O)c1ccc(Br)c(C(F)(F)F)c1. The number of phosphoric acid groups is 1. The Labute approximate surface area is 280 Å². The first-order chi connectivity index (χ1) is 22.5. The number of halogens is 4. The minimum Gasteiger partial charge on any atom is -0.330 e. The Morgan fingerprint density at radius 2 is 1.79 bits per heavy atom. The lowest BCUT2D eigenvalue weighted by Crippen LogP contribution is -2.46. The van der Waals surface area contributed by atoms with Gasteiger partial charge in [0.2, 0.25) is 0 Å². The van der Waals surface area contributed by atoms with Crippen LogP contribution in [0.25, 0.3) is 11.3 Å². The molecular formula is C31H30BrF3N5O7P. The van der Waals surface area contributed by atoms with Crippen molar-refractivity contribution < 1.29 is 41.6 Å². The summed E-state index contributed by atoms with van der Waals surface area (Å²) in [4.78, 5) is 61.1. The maximum atomic E-state index is 14.3. The van der Waals surface area contributed by atoms with Crippen LogP contribution in [0.5, 0.6) is 0 Å². The van der Waals surface area contributed by atoms with E-state index in [4.69, 9.17) is 9.79 Å². The molecule has 2 N–H and O–H groups in total. The van der Waals surface area contributed by atoms with E-state index in [1.54, 1.807) is 29.8 Å². The summed E-state index contributed by atoms with van der Waals surface area (Å²) >= 11 is 2.92. The molecular weight excluding hydrogens is 722 g/mol. The van der Waals surface area contributed by atoms with Gasteiger partial charge in [0.05, 0.1) is 29.7 Å². The van der Waals surface area contributed by atoms with Crippen LogP contribution in [0, 0.1) is 5.92 Å². The summed E-state index contributed by atoms with van der Waals surface area (Å²) in [6.07, 6.45) is -0.115. The van der Waals surface area contributed by atoms with Gasteiger partial charge in [0.15, 0.2) is 0 Å². The molecule has 0 saturated heterocycles. The molecule has 0 bridgehead atoms. The zero-order valence-corrected chi connectivity index (χ0v) is 28.1. The van der Waals surface area contributed by atoms with E-state index in [-0.39, 0.29) is 34.1 Å². The number of hydrogen-bond acceptors (Lipinski definition) is 6. The van der Waals surface area contributed by atoms with Crippen molar-refractivity contribution in [2.24, 2.45) is 5.92 Å². The molecule has 2 aromatic heterocycles. The lowest BCUT2D eigenvalue weighted by molar-refractivity contribution is -0.138. The number of amides is 2. The molecule has 17 heteroatoms. The highest BCUT2D eigenvalue weighted by Gasteiger charge is 2.37. The Balaban J connectivity index is 1.38. The number of phosphoric ester groups is 1. The van der Waals surface area contributed by atoms with Gasteiger partial charge >= 0.3 is 14.0 Å². The lowest BCUT2D eigenvalue weighted by Gasteiger charge is -2.35. The molecule has 254 valence electrons. The van der Waals surface area contributed by atoms with E-state index in [1.807, 2.05) is 0 Å². The Morgan fingerprint density at radius 1 is 1.12 bits per heavy atom. The monoisotopic (exact) mass is 751 g/mol. The zero-order valence-electron chi connectivity index (χ0n) is 25.6. The topological polar surface area (TPSA) is 147 Å². The molecule has 12 nitrogen and oxygen atoms in total. The van der Waals surface area contributed by atoms with Crippen LogP contribution in [0.1, 0.15) is 62.9 Å². The molecule has 0 spiro atoms. The average molecular weight is 752 g/mol. The molecule has 48 heavy (non-hydrogen) atoms. The molecule has 0 unspecified atom stereocenters. The van der Waals surface area contributed by atoms with Crippen molar-refractivity contribution in [1.82, 2.24) is 24.0 Å². The van der Waals surface area contributed by atoms with E-state index in [0.717, 1.165) is 29.4 Å². The normalized spacial score (nSPS) is 16.7. The van der Waals surface area contributed by atoms with Crippen LogP contribution in [0.3, 0.4) is 0 Å². The number of hydrogen-bond donors (Lipinski definition) is 2. The van der Waals surface area contributed by atoms with Gasteiger partial charge in [-0.05, 0) is 81.0 Å². The molecule has 1 fully saturated rings. The van der Waals surface area contributed by atoms with Crippen LogP contribution in [0.4, 0.5) is 13.2 Å². The molecule has 2 amide bonds. The molecule has 1 atom stereocenters. The van der Waals surface area contributed by atoms with Crippen molar-refractivity contribution in [3.8, 4) is 5.69 Å². The zero-order chi connectivity index (χ0) is 34.7. The fourth-order valence-electron chi connectivity index (χ4n) is 5.91. The van der Waals surface area contributed by atoms with Gasteiger partial charge in [-0.15, -0.1) is 0 Å². The smallest absolute Gasteiger partial charge is 0.330 e.